The van der Waals surface area contributed by atoms with E-state index < -0.39 is 0 Å². The van der Waals surface area contributed by atoms with Crippen molar-refractivity contribution in [2.45, 2.75) is 33.6 Å². The molecule has 0 fully saturated rings. The normalized spacial score (nSPS) is 10.4. The molecule has 0 aliphatic rings. The topological polar surface area (TPSA) is 66.9 Å². The summed E-state index contributed by atoms with van der Waals surface area (Å²) in [5.74, 6) is 0.200. The molecule has 23 heavy (non-hydrogen) atoms. The van der Waals surface area contributed by atoms with Gasteiger partial charge < -0.3 is 10.6 Å². The van der Waals surface area contributed by atoms with Gasteiger partial charge in [0.15, 0.2) is 0 Å². The molecule has 0 bridgehead atoms. The van der Waals surface area contributed by atoms with E-state index in [1.807, 2.05) is 19.9 Å². The summed E-state index contributed by atoms with van der Waals surface area (Å²) in [6, 6.07) is 7.07. The van der Waals surface area contributed by atoms with Gasteiger partial charge in [-0.2, -0.15) is 0 Å². The van der Waals surface area contributed by atoms with Crippen LogP contribution in [0.4, 0.5) is 11.6 Å². The molecule has 2 N–H and O–H groups in total. The Morgan fingerprint density at radius 3 is 2.78 bits per heavy atom. The Hall–Kier alpha value is -2.14. The first-order chi connectivity index (χ1) is 11.0. The summed E-state index contributed by atoms with van der Waals surface area (Å²) < 4.78 is 0. The van der Waals surface area contributed by atoms with E-state index in [1.54, 1.807) is 18.2 Å². The fourth-order valence-electron chi connectivity index (χ4n) is 2.07. The van der Waals surface area contributed by atoms with Crippen molar-refractivity contribution < 1.29 is 4.79 Å². The number of amides is 1. The Balaban J connectivity index is 2.17. The first-order valence-corrected chi connectivity index (χ1v) is 8.05. The minimum atomic E-state index is -0.278. The molecule has 0 atom stereocenters. The summed E-state index contributed by atoms with van der Waals surface area (Å²) in [4.78, 5) is 21.0. The number of hydrogen-bond donors (Lipinski definition) is 2. The number of benzene rings is 1. The van der Waals surface area contributed by atoms with Gasteiger partial charge in [-0.15, -0.1) is 0 Å². The third-order valence-electron chi connectivity index (χ3n) is 3.42. The number of halogens is 1. The molecule has 1 aromatic heterocycles. The minimum Gasteiger partial charge on any atom is -0.354 e. The molecule has 0 radical (unpaired) electrons. The molecule has 0 aliphatic heterocycles. The number of carbonyl (C=O) groups excluding carboxylic acids is 1. The fraction of sp³-hybridized carbons (Fsp3) is 0.353. The molecule has 122 valence electrons. The van der Waals surface area contributed by atoms with Crippen molar-refractivity contribution >= 4 is 29.1 Å². The quantitative estimate of drug-likeness (QED) is 0.777. The molecule has 0 spiro atoms. The van der Waals surface area contributed by atoms with Gasteiger partial charge in [0.1, 0.15) is 5.69 Å². The zero-order valence-corrected chi connectivity index (χ0v) is 14.4. The van der Waals surface area contributed by atoms with Crippen LogP contribution in [0.25, 0.3) is 0 Å². The number of nitrogens with one attached hydrogen (secondary N) is 2. The molecule has 0 saturated heterocycles. The first kappa shape index (κ1) is 17.2. The third kappa shape index (κ3) is 4.66. The van der Waals surface area contributed by atoms with Crippen molar-refractivity contribution in [3.05, 3.63) is 46.2 Å². The lowest BCUT2D eigenvalue weighted by atomic mass is 10.2. The summed E-state index contributed by atoms with van der Waals surface area (Å²) in [6.45, 7) is 6.61. The van der Waals surface area contributed by atoms with Gasteiger partial charge in [0, 0.05) is 22.9 Å². The van der Waals surface area contributed by atoms with Crippen LogP contribution >= 0.6 is 11.6 Å². The Kier molecular flexibility index (Phi) is 5.93. The molecule has 1 aromatic carbocycles. The Bertz CT molecular complexity index is 703. The highest BCUT2D eigenvalue weighted by molar-refractivity contribution is 6.31. The molecule has 0 aliphatic carbocycles. The van der Waals surface area contributed by atoms with Crippen molar-refractivity contribution in [1.29, 1.82) is 0 Å². The minimum absolute atomic E-state index is 0.278. The van der Waals surface area contributed by atoms with E-state index in [0.717, 1.165) is 30.6 Å². The SMILES string of the molecule is CCCCNc1nc(C)cc(C(=O)Nc2cccc(Cl)c2C)n1. The van der Waals surface area contributed by atoms with Crippen molar-refractivity contribution in [3.63, 3.8) is 0 Å². The lowest BCUT2D eigenvalue weighted by molar-refractivity contribution is 0.102. The number of anilines is 2. The van der Waals surface area contributed by atoms with Gasteiger partial charge >= 0.3 is 0 Å². The lowest BCUT2D eigenvalue weighted by Crippen LogP contribution is -2.17. The zero-order valence-electron chi connectivity index (χ0n) is 13.6. The van der Waals surface area contributed by atoms with E-state index in [1.165, 1.54) is 0 Å². The molecule has 0 unspecified atom stereocenters. The maximum absolute atomic E-state index is 12.4. The highest BCUT2D eigenvalue weighted by atomic mass is 35.5. The Morgan fingerprint density at radius 2 is 2.04 bits per heavy atom. The largest absolute Gasteiger partial charge is 0.354 e. The summed E-state index contributed by atoms with van der Waals surface area (Å²) in [5, 5.41) is 6.60. The number of aromatic nitrogens is 2. The predicted molar refractivity (Wildman–Crippen MR) is 94.3 cm³/mol. The average Bonchev–Trinajstić information content (AvgIpc) is 2.51. The lowest BCUT2D eigenvalue weighted by Gasteiger charge is -2.11. The zero-order chi connectivity index (χ0) is 16.8. The van der Waals surface area contributed by atoms with Gasteiger partial charge in [-0.1, -0.05) is 31.0 Å². The fourth-order valence-corrected chi connectivity index (χ4v) is 2.24. The van der Waals surface area contributed by atoms with Crippen LogP contribution in [0.2, 0.25) is 5.02 Å². The van der Waals surface area contributed by atoms with Gasteiger partial charge in [-0.25, -0.2) is 9.97 Å². The number of nitrogens with zero attached hydrogens (tertiary/aromatic N) is 2. The standard InChI is InChI=1S/C17H21ClN4O/c1-4-5-9-19-17-20-11(2)10-15(22-17)16(23)21-14-8-6-7-13(18)12(14)3/h6-8,10H,4-5,9H2,1-3H3,(H,21,23)(H,19,20,22). The maximum atomic E-state index is 12.4. The molecule has 1 heterocycles. The molecule has 2 aromatic rings. The van der Waals surface area contributed by atoms with Gasteiger partial charge in [0.05, 0.1) is 0 Å². The van der Waals surface area contributed by atoms with E-state index >= 15 is 0 Å². The van der Waals surface area contributed by atoms with Crippen LogP contribution in [0, 0.1) is 13.8 Å². The van der Waals surface area contributed by atoms with Crippen molar-refractivity contribution in [2.24, 2.45) is 0 Å². The summed E-state index contributed by atoms with van der Waals surface area (Å²) >= 11 is 6.08. The van der Waals surface area contributed by atoms with E-state index in [0.29, 0.717) is 22.4 Å². The number of rotatable bonds is 6. The molecule has 2 rings (SSSR count). The van der Waals surface area contributed by atoms with E-state index in [2.05, 4.69) is 27.5 Å². The van der Waals surface area contributed by atoms with E-state index in [9.17, 15) is 4.79 Å². The highest BCUT2D eigenvalue weighted by Gasteiger charge is 2.12. The Morgan fingerprint density at radius 1 is 1.26 bits per heavy atom. The van der Waals surface area contributed by atoms with Crippen molar-refractivity contribution in [2.75, 3.05) is 17.2 Å². The van der Waals surface area contributed by atoms with Gasteiger partial charge in [0.2, 0.25) is 5.95 Å². The first-order valence-electron chi connectivity index (χ1n) is 7.67. The van der Waals surface area contributed by atoms with Crippen LogP contribution in [-0.2, 0) is 0 Å². The average molecular weight is 333 g/mol. The number of unbranched alkanes of at least 4 members (excludes halogenated alkanes) is 1. The van der Waals surface area contributed by atoms with Crippen molar-refractivity contribution in [1.82, 2.24) is 9.97 Å². The molecule has 1 amide bonds. The molecule has 5 nitrogen and oxygen atoms in total. The van der Waals surface area contributed by atoms with Crippen LogP contribution in [0.15, 0.2) is 24.3 Å². The summed E-state index contributed by atoms with van der Waals surface area (Å²) in [6.07, 6.45) is 2.11. The molecule has 6 heteroatoms. The van der Waals surface area contributed by atoms with Crippen LogP contribution in [0.1, 0.15) is 41.5 Å². The monoisotopic (exact) mass is 332 g/mol. The molecular weight excluding hydrogens is 312 g/mol. The predicted octanol–water partition coefficient (Wildman–Crippen LogP) is 4.21. The number of hydrogen-bond acceptors (Lipinski definition) is 4. The van der Waals surface area contributed by atoms with Crippen LogP contribution in [0.3, 0.4) is 0 Å². The van der Waals surface area contributed by atoms with Crippen molar-refractivity contribution in [3.8, 4) is 0 Å². The maximum Gasteiger partial charge on any atom is 0.274 e. The second-order valence-electron chi connectivity index (χ2n) is 5.37. The Labute approximate surface area is 141 Å². The van der Waals surface area contributed by atoms with Crippen LogP contribution in [0.5, 0.6) is 0 Å². The van der Waals surface area contributed by atoms with E-state index in [-0.39, 0.29) is 5.91 Å². The van der Waals surface area contributed by atoms with Gasteiger partial charge in [0.25, 0.3) is 5.91 Å². The van der Waals surface area contributed by atoms with Crippen LogP contribution in [-0.4, -0.2) is 22.4 Å². The molecule has 0 saturated carbocycles. The van der Waals surface area contributed by atoms with Crippen LogP contribution < -0.4 is 10.6 Å². The van der Waals surface area contributed by atoms with Gasteiger partial charge in [-0.05, 0) is 44.0 Å². The third-order valence-corrected chi connectivity index (χ3v) is 3.83. The molecular formula is C17H21ClN4O. The summed E-state index contributed by atoms with van der Waals surface area (Å²) in [7, 11) is 0. The summed E-state index contributed by atoms with van der Waals surface area (Å²) in [5.41, 5.74) is 2.58. The number of aryl methyl sites for hydroxylation is 1. The van der Waals surface area contributed by atoms with Gasteiger partial charge in [-0.3, -0.25) is 4.79 Å². The highest BCUT2D eigenvalue weighted by Crippen LogP contribution is 2.23. The smallest absolute Gasteiger partial charge is 0.274 e. The second kappa shape index (κ2) is 7.92. The number of carbonyl (C=O) groups is 1. The van der Waals surface area contributed by atoms with E-state index in [4.69, 9.17) is 11.6 Å². The second-order valence-corrected chi connectivity index (χ2v) is 5.77.